The highest BCUT2D eigenvalue weighted by Crippen LogP contribution is 2.29. The molecule has 0 aliphatic heterocycles. The zero-order valence-electron chi connectivity index (χ0n) is 14.9. The average Bonchev–Trinajstić information content (AvgIpc) is 2.72. The van der Waals surface area contributed by atoms with Crippen molar-refractivity contribution in [2.24, 2.45) is 10.7 Å². The Hall–Kier alpha value is -2.68. The van der Waals surface area contributed by atoms with Crippen LogP contribution < -0.4 is 11.1 Å². The van der Waals surface area contributed by atoms with E-state index in [1.54, 1.807) is 30.7 Å². The predicted octanol–water partition coefficient (Wildman–Crippen LogP) is 3.54. The summed E-state index contributed by atoms with van der Waals surface area (Å²) in [7, 11) is 0. The van der Waals surface area contributed by atoms with Crippen LogP contribution >= 0.6 is 24.2 Å². The Kier molecular flexibility index (Phi) is 7.18. The molecule has 0 fully saturated rings. The second-order valence-electron chi connectivity index (χ2n) is 5.61. The molecule has 0 saturated carbocycles. The quantitative estimate of drug-likeness (QED) is 0.171. The number of amidine groups is 1. The standard InChI is InChI=1S/C19H19ClN6OS/c20-15-2-1-5-24-18(15)13-3-4-16(25-12-27-8-9-28)14(10-13)19(21)26-17-11-22-6-7-23-17/h1-7,10-11,25,28H,8-9,12H2,(H2,21,23,26). The number of anilines is 1. The molecule has 0 spiro atoms. The van der Waals surface area contributed by atoms with Crippen molar-refractivity contribution in [2.75, 3.05) is 24.4 Å². The largest absolute Gasteiger partial charge is 0.383 e. The summed E-state index contributed by atoms with van der Waals surface area (Å²) < 4.78 is 5.45. The van der Waals surface area contributed by atoms with E-state index < -0.39 is 0 Å². The molecule has 2 heterocycles. The molecule has 0 aliphatic carbocycles. The van der Waals surface area contributed by atoms with Gasteiger partial charge in [-0.25, -0.2) is 9.98 Å². The highest BCUT2D eigenvalue weighted by molar-refractivity contribution is 7.80. The van der Waals surface area contributed by atoms with E-state index in [-0.39, 0.29) is 5.84 Å². The van der Waals surface area contributed by atoms with Gasteiger partial charge in [-0.15, -0.1) is 0 Å². The van der Waals surface area contributed by atoms with Crippen molar-refractivity contribution in [3.8, 4) is 11.3 Å². The molecule has 7 nitrogen and oxygen atoms in total. The van der Waals surface area contributed by atoms with E-state index >= 15 is 0 Å². The SMILES string of the molecule is NC(=Nc1cnccn1)c1cc(-c2ncccc2Cl)ccc1NCOCCS. The molecule has 28 heavy (non-hydrogen) atoms. The number of nitrogens with two attached hydrogens (primary N) is 1. The van der Waals surface area contributed by atoms with Gasteiger partial charge in [0, 0.05) is 41.2 Å². The lowest BCUT2D eigenvalue weighted by atomic mass is 10.0. The summed E-state index contributed by atoms with van der Waals surface area (Å²) in [5, 5.41) is 3.75. The lowest BCUT2D eigenvalue weighted by molar-refractivity contribution is 0.169. The number of thiol groups is 1. The van der Waals surface area contributed by atoms with Crippen molar-refractivity contribution < 1.29 is 4.74 Å². The summed E-state index contributed by atoms with van der Waals surface area (Å²) in [4.78, 5) is 16.9. The highest BCUT2D eigenvalue weighted by atomic mass is 35.5. The molecule has 0 radical (unpaired) electrons. The third-order valence-electron chi connectivity index (χ3n) is 3.71. The van der Waals surface area contributed by atoms with Crippen LogP contribution in [0.5, 0.6) is 0 Å². The Balaban J connectivity index is 1.98. The number of aliphatic imine (C=N–C) groups is 1. The number of hydrogen-bond donors (Lipinski definition) is 3. The van der Waals surface area contributed by atoms with E-state index in [9.17, 15) is 0 Å². The molecule has 2 aromatic heterocycles. The van der Waals surface area contributed by atoms with E-state index in [0.717, 1.165) is 11.3 Å². The normalized spacial score (nSPS) is 11.4. The van der Waals surface area contributed by atoms with E-state index in [1.165, 1.54) is 6.20 Å². The Morgan fingerprint density at radius 2 is 2.11 bits per heavy atom. The second-order valence-corrected chi connectivity index (χ2v) is 6.46. The van der Waals surface area contributed by atoms with Gasteiger partial charge in [0.2, 0.25) is 0 Å². The first-order valence-electron chi connectivity index (χ1n) is 8.47. The van der Waals surface area contributed by atoms with E-state index in [1.807, 2.05) is 18.2 Å². The van der Waals surface area contributed by atoms with Gasteiger partial charge in [-0.1, -0.05) is 17.7 Å². The van der Waals surface area contributed by atoms with Crippen molar-refractivity contribution in [3.05, 3.63) is 65.7 Å². The first kappa shape index (κ1) is 20.1. The highest BCUT2D eigenvalue weighted by Gasteiger charge is 2.12. The van der Waals surface area contributed by atoms with Crippen molar-refractivity contribution in [3.63, 3.8) is 0 Å². The number of halogens is 1. The molecular weight excluding hydrogens is 396 g/mol. The molecule has 0 amide bonds. The summed E-state index contributed by atoms with van der Waals surface area (Å²) >= 11 is 10.4. The molecule has 9 heteroatoms. The molecule has 0 unspecified atom stereocenters. The number of benzene rings is 1. The molecule has 3 rings (SSSR count). The third-order valence-corrected chi connectivity index (χ3v) is 4.20. The number of nitrogens with one attached hydrogen (secondary N) is 1. The number of pyridine rings is 1. The maximum absolute atomic E-state index is 6.29. The van der Waals surface area contributed by atoms with E-state index in [4.69, 9.17) is 22.1 Å². The number of hydrogen-bond acceptors (Lipinski definition) is 7. The zero-order valence-corrected chi connectivity index (χ0v) is 16.6. The number of nitrogens with zero attached hydrogens (tertiary/aromatic N) is 4. The molecule has 3 N–H and O–H groups in total. The Morgan fingerprint density at radius 1 is 1.21 bits per heavy atom. The maximum atomic E-state index is 6.29. The van der Waals surface area contributed by atoms with Crippen LogP contribution in [-0.2, 0) is 4.74 Å². The average molecular weight is 415 g/mol. The van der Waals surface area contributed by atoms with Crippen LogP contribution in [0.2, 0.25) is 5.02 Å². The van der Waals surface area contributed by atoms with Crippen molar-refractivity contribution >= 4 is 41.6 Å². The van der Waals surface area contributed by atoms with Gasteiger partial charge in [0.05, 0.1) is 23.5 Å². The Labute approximate surface area is 173 Å². The van der Waals surface area contributed by atoms with Crippen molar-refractivity contribution in [1.29, 1.82) is 0 Å². The molecule has 3 aromatic rings. The number of rotatable bonds is 8. The third kappa shape index (κ3) is 5.19. The summed E-state index contributed by atoms with van der Waals surface area (Å²) in [5.74, 6) is 1.34. The van der Waals surface area contributed by atoms with E-state index in [0.29, 0.717) is 41.2 Å². The second kappa shape index (κ2) is 10.0. The summed E-state index contributed by atoms with van der Waals surface area (Å²) in [6, 6.07) is 9.25. The minimum absolute atomic E-state index is 0.283. The monoisotopic (exact) mass is 414 g/mol. The van der Waals surface area contributed by atoms with Gasteiger partial charge in [-0.2, -0.15) is 12.6 Å². The Morgan fingerprint density at radius 3 is 2.86 bits per heavy atom. The topological polar surface area (TPSA) is 98.3 Å². The van der Waals surface area contributed by atoms with Gasteiger partial charge >= 0.3 is 0 Å². The molecule has 144 valence electrons. The smallest absolute Gasteiger partial charge is 0.172 e. The van der Waals surface area contributed by atoms with Gasteiger partial charge < -0.3 is 15.8 Å². The van der Waals surface area contributed by atoms with Gasteiger partial charge in [-0.3, -0.25) is 9.97 Å². The molecule has 0 saturated heterocycles. The van der Waals surface area contributed by atoms with Gasteiger partial charge in [0.15, 0.2) is 5.82 Å². The van der Waals surface area contributed by atoms with Gasteiger partial charge in [-0.05, 0) is 24.3 Å². The Bertz CT molecular complexity index is 954. The van der Waals surface area contributed by atoms with Gasteiger partial charge in [0.25, 0.3) is 0 Å². The van der Waals surface area contributed by atoms with Crippen molar-refractivity contribution in [1.82, 2.24) is 15.0 Å². The fraction of sp³-hybridized carbons (Fsp3) is 0.158. The van der Waals surface area contributed by atoms with Crippen LogP contribution in [0, 0.1) is 0 Å². The van der Waals surface area contributed by atoms with Crippen LogP contribution in [0.25, 0.3) is 11.3 Å². The van der Waals surface area contributed by atoms with Crippen LogP contribution in [0.4, 0.5) is 11.5 Å². The van der Waals surface area contributed by atoms with E-state index in [2.05, 4.69) is 37.9 Å². The fourth-order valence-electron chi connectivity index (χ4n) is 2.45. The molecule has 0 aliphatic rings. The maximum Gasteiger partial charge on any atom is 0.172 e. The van der Waals surface area contributed by atoms with Crippen molar-refractivity contribution in [2.45, 2.75) is 0 Å². The summed E-state index contributed by atoms with van der Waals surface area (Å²) in [5.41, 5.74) is 9.20. The first-order chi connectivity index (χ1) is 13.7. The van der Waals surface area contributed by atoms with Gasteiger partial charge in [0.1, 0.15) is 12.6 Å². The molecule has 0 bridgehead atoms. The van der Waals surface area contributed by atoms with Crippen LogP contribution in [-0.4, -0.2) is 39.9 Å². The van der Waals surface area contributed by atoms with Crippen LogP contribution in [0.15, 0.2) is 60.1 Å². The van der Waals surface area contributed by atoms with Crippen LogP contribution in [0.1, 0.15) is 5.56 Å². The zero-order chi connectivity index (χ0) is 19.8. The van der Waals surface area contributed by atoms with Crippen LogP contribution in [0.3, 0.4) is 0 Å². The summed E-state index contributed by atoms with van der Waals surface area (Å²) in [6.45, 7) is 0.853. The fourth-order valence-corrected chi connectivity index (χ4v) is 2.81. The number of aromatic nitrogens is 3. The molecule has 0 atom stereocenters. The minimum Gasteiger partial charge on any atom is -0.383 e. The molecular formula is C19H19ClN6OS. The lowest BCUT2D eigenvalue weighted by Crippen LogP contribution is -2.17. The summed E-state index contributed by atoms with van der Waals surface area (Å²) in [6.07, 6.45) is 6.36. The minimum atomic E-state index is 0.283. The predicted molar refractivity (Wildman–Crippen MR) is 115 cm³/mol. The first-order valence-corrected chi connectivity index (χ1v) is 9.48. The number of ether oxygens (including phenoxy) is 1. The lowest BCUT2D eigenvalue weighted by Gasteiger charge is -2.14. The molecule has 1 aromatic carbocycles.